The highest BCUT2D eigenvalue weighted by Gasteiger charge is 2.45. The van der Waals surface area contributed by atoms with Gasteiger partial charge in [0.25, 0.3) is 0 Å². The lowest BCUT2D eigenvalue weighted by Gasteiger charge is -2.41. The van der Waals surface area contributed by atoms with E-state index >= 15 is 0 Å². The molecule has 0 bridgehead atoms. The molecule has 1 aliphatic rings. The smallest absolute Gasteiger partial charge is 0.409 e. The molecule has 13 nitrogen and oxygen atoms in total. The van der Waals surface area contributed by atoms with Gasteiger partial charge in [-0.2, -0.15) is 12.6 Å². The van der Waals surface area contributed by atoms with Crippen LogP contribution in [0.25, 0.3) is 0 Å². The van der Waals surface area contributed by atoms with Crippen molar-refractivity contribution in [3.8, 4) is 5.75 Å². The van der Waals surface area contributed by atoms with Gasteiger partial charge in [0.05, 0.1) is 24.8 Å². The van der Waals surface area contributed by atoms with Crippen LogP contribution >= 0.6 is 24.2 Å². The van der Waals surface area contributed by atoms with E-state index in [9.17, 15) is 29.4 Å². The van der Waals surface area contributed by atoms with E-state index in [1.54, 1.807) is 24.3 Å². The molecule has 298 valence electrons. The number of cyclic esters (lactones) is 1. The number of hydrogen-bond donors (Lipinski definition) is 4. The summed E-state index contributed by atoms with van der Waals surface area (Å²) in [6, 6.07) is 2.54. The number of carbonyl (C=O) groups is 4. The maximum atomic E-state index is 13.7. The quantitative estimate of drug-likeness (QED) is 0.0881. The van der Waals surface area contributed by atoms with Crippen LogP contribution in [0.5, 0.6) is 5.75 Å². The van der Waals surface area contributed by atoms with Gasteiger partial charge >= 0.3 is 12.1 Å². The first-order valence-electron chi connectivity index (χ1n) is 17.6. The Hall–Kier alpha value is -3.30. The number of amides is 3. The maximum absolute atomic E-state index is 13.7. The van der Waals surface area contributed by atoms with E-state index in [-0.39, 0.29) is 41.4 Å². The van der Waals surface area contributed by atoms with E-state index in [2.05, 4.69) is 17.9 Å². The second-order valence-electron chi connectivity index (χ2n) is 14.6. The maximum Gasteiger partial charge on any atom is 0.409 e. The molecule has 1 aromatic carbocycles. The zero-order valence-electron chi connectivity index (χ0n) is 32.8. The van der Waals surface area contributed by atoms with E-state index < -0.39 is 53.6 Å². The SMILES string of the molecule is COc1cc(C/C(C)=C/C=C/C(OC)C2(O)CC(C(C)C)OC(=O)N2)cc(N(C)C(=O)CC(OC(=O)[C@H](C)N(C)C(=O)CCC(C)S)C(C)(C)O)c1Cl. The molecule has 1 heterocycles. The fourth-order valence-corrected chi connectivity index (χ4v) is 6.00. The van der Waals surface area contributed by atoms with Gasteiger partial charge < -0.3 is 39.0 Å². The number of carbonyl (C=O) groups excluding carboxylic acids is 4. The third-order valence-electron chi connectivity index (χ3n) is 9.24. The Labute approximate surface area is 324 Å². The summed E-state index contributed by atoms with van der Waals surface area (Å²) in [5, 5.41) is 24.8. The molecular formula is C38H58ClN3O10S. The lowest BCUT2D eigenvalue weighted by atomic mass is 9.91. The second kappa shape index (κ2) is 19.9. The van der Waals surface area contributed by atoms with Crippen LogP contribution in [0, 0.1) is 5.92 Å². The molecule has 1 aromatic rings. The van der Waals surface area contributed by atoms with Gasteiger partial charge in [-0.3, -0.25) is 14.9 Å². The number of likely N-dealkylation sites (N-methyl/N-ethyl adjacent to an activating group) is 1. The monoisotopic (exact) mass is 783 g/mol. The number of nitrogens with zero attached hydrogens (tertiary/aromatic N) is 2. The summed E-state index contributed by atoms with van der Waals surface area (Å²) in [5.41, 5.74) is -1.26. The number of aliphatic hydroxyl groups is 2. The minimum absolute atomic E-state index is 0.00335. The molecule has 0 aliphatic carbocycles. The first-order chi connectivity index (χ1) is 24.5. The molecule has 0 spiro atoms. The van der Waals surface area contributed by atoms with Gasteiger partial charge in [0, 0.05) is 34.0 Å². The summed E-state index contributed by atoms with van der Waals surface area (Å²) in [4.78, 5) is 54.1. The summed E-state index contributed by atoms with van der Waals surface area (Å²) in [5.74, 6) is -1.17. The van der Waals surface area contributed by atoms with Crippen LogP contribution in [-0.4, -0.2) is 108 Å². The molecule has 3 N–H and O–H groups in total. The highest BCUT2D eigenvalue weighted by molar-refractivity contribution is 7.80. The number of ether oxygens (including phenoxy) is 4. The third kappa shape index (κ3) is 13.2. The van der Waals surface area contributed by atoms with Gasteiger partial charge in [-0.25, -0.2) is 9.59 Å². The van der Waals surface area contributed by atoms with Crippen molar-refractivity contribution in [2.24, 2.45) is 5.92 Å². The number of esters is 1. The summed E-state index contributed by atoms with van der Waals surface area (Å²) in [6.45, 7) is 12.0. The number of rotatable bonds is 18. The number of anilines is 1. The van der Waals surface area contributed by atoms with Crippen molar-refractivity contribution in [3.05, 3.63) is 46.5 Å². The molecule has 3 amide bonds. The van der Waals surface area contributed by atoms with Crippen molar-refractivity contribution in [2.45, 2.75) is 121 Å². The Balaban J connectivity index is 2.24. The van der Waals surface area contributed by atoms with E-state index in [0.717, 1.165) is 11.1 Å². The van der Waals surface area contributed by atoms with Gasteiger partial charge in [-0.1, -0.05) is 56.2 Å². The van der Waals surface area contributed by atoms with Crippen LogP contribution in [0.1, 0.15) is 79.7 Å². The number of hydrogen-bond acceptors (Lipinski definition) is 11. The molecule has 6 atom stereocenters. The largest absolute Gasteiger partial charge is 0.495 e. The number of benzene rings is 1. The Kier molecular flexibility index (Phi) is 17.2. The number of methoxy groups -OCH3 is 2. The Morgan fingerprint density at radius 1 is 1.17 bits per heavy atom. The third-order valence-corrected chi connectivity index (χ3v) is 9.88. The molecule has 0 saturated carbocycles. The summed E-state index contributed by atoms with van der Waals surface area (Å²) in [6.07, 6.45) is 2.88. The fourth-order valence-electron chi connectivity index (χ4n) is 5.56. The molecule has 1 fully saturated rings. The van der Waals surface area contributed by atoms with Gasteiger partial charge in [-0.15, -0.1) is 0 Å². The molecule has 2 rings (SSSR count). The Morgan fingerprint density at radius 3 is 2.36 bits per heavy atom. The Bertz CT molecular complexity index is 1510. The van der Waals surface area contributed by atoms with Gasteiger partial charge in [0.1, 0.15) is 35.1 Å². The molecule has 1 aliphatic heterocycles. The van der Waals surface area contributed by atoms with E-state index in [4.69, 9.17) is 30.5 Å². The number of halogens is 1. The standard InChI is InChI=1S/C38H58ClN3O10S/c1-22(2)29-21-38(48,40-36(46)51-29)30(50-11)14-12-13-23(3)17-26-18-27(34(39)28(19-26)49-10)42(9)33(44)20-31(37(6,7)47)52-35(45)25(5)41(8)32(43)16-15-24(4)53/h12-14,18-19,22,24-25,29-31,47-48,53H,15-17,20-21H2,1-11H3,(H,40,46)/b14-12+,23-13+/t24?,25-,29?,30?,31?,38?/m0/s1. The molecule has 53 heavy (non-hydrogen) atoms. The number of thiol groups is 1. The van der Waals surface area contributed by atoms with E-state index in [0.29, 0.717) is 24.3 Å². The lowest BCUT2D eigenvalue weighted by molar-refractivity contribution is -0.170. The van der Waals surface area contributed by atoms with Crippen LogP contribution in [0.15, 0.2) is 35.9 Å². The zero-order chi connectivity index (χ0) is 40.4. The van der Waals surface area contributed by atoms with Crippen LogP contribution in [0.4, 0.5) is 10.5 Å². The van der Waals surface area contributed by atoms with Gasteiger partial charge in [0.15, 0.2) is 5.72 Å². The summed E-state index contributed by atoms with van der Waals surface area (Å²) < 4.78 is 22.0. The van der Waals surface area contributed by atoms with E-state index in [1.165, 1.54) is 58.9 Å². The fraction of sp³-hybridized carbons (Fsp3) is 0.632. The molecule has 5 unspecified atom stereocenters. The molecule has 15 heteroatoms. The topological polar surface area (TPSA) is 164 Å². The van der Waals surface area contributed by atoms with Crippen molar-refractivity contribution in [3.63, 3.8) is 0 Å². The molecular weight excluding hydrogens is 726 g/mol. The lowest BCUT2D eigenvalue weighted by Crippen LogP contribution is -2.63. The van der Waals surface area contributed by atoms with Crippen LogP contribution in [0.3, 0.4) is 0 Å². The first-order valence-corrected chi connectivity index (χ1v) is 18.5. The van der Waals surface area contributed by atoms with Crippen LogP contribution in [0.2, 0.25) is 5.02 Å². The minimum atomic E-state index is -1.66. The molecule has 1 saturated heterocycles. The Morgan fingerprint density at radius 2 is 1.81 bits per heavy atom. The first kappa shape index (κ1) is 45.9. The average Bonchev–Trinajstić information content (AvgIpc) is 3.07. The minimum Gasteiger partial charge on any atom is -0.495 e. The van der Waals surface area contributed by atoms with Crippen molar-refractivity contribution >= 4 is 53.8 Å². The normalized spacial score (nSPS) is 20.3. The van der Waals surface area contributed by atoms with E-state index in [1.807, 2.05) is 33.8 Å². The molecule has 0 radical (unpaired) electrons. The molecule has 0 aromatic heterocycles. The number of nitrogens with one attached hydrogen (secondary N) is 1. The second-order valence-corrected chi connectivity index (χ2v) is 15.9. The van der Waals surface area contributed by atoms with Crippen molar-refractivity contribution in [2.75, 3.05) is 33.2 Å². The van der Waals surface area contributed by atoms with Crippen LogP contribution in [-0.2, 0) is 35.0 Å². The van der Waals surface area contributed by atoms with Gasteiger partial charge in [0.2, 0.25) is 11.8 Å². The van der Waals surface area contributed by atoms with Crippen molar-refractivity contribution in [1.82, 2.24) is 10.2 Å². The average molecular weight is 784 g/mol. The summed E-state index contributed by atoms with van der Waals surface area (Å²) >= 11 is 11.0. The highest BCUT2D eigenvalue weighted by Crippen LogP contribution is 2.37. The van der Waals surface area contributed by atoms with Crippen molar-refractivity contribution in [1.29, 1.82) is 0 Å². The van der Waals surface area contributed by atoms with Crippen LogP contribution < -0.4 is 15.0 Å². The van der Waals surface area contributed by atoms with Crippen molar-refractivity contribution < 1.29 is 48.3 Å². The number of alkyl carbamates (subject to hydrolysis) is 1. The predicted octanol–water partition coefficient (Wildman–Crippen LogP) is 5.23. The zero-order valence-corrected chi connectivity index (χ0v) is 34.4. The number of allylic oxidation sites excluding steroid dienone is 3. The van der Waals surface area contributed by atoms with Gasteiger partial charge in [-0.05, 0) is 69.4 Å². The highest BCUT2D eigenvalue weighted by atomic mass is 35.5. The summed E-state index contributed by atoms with van der Waals surface area (Å²) in [7, 11) is 5.93. The predicted molar refractivity (Wildman–Crippen MR) is 207 cm³/mol.